The fourth-order valence-electron chi connectivity index (χ4n) is 0.724. The van der Waals surface area contributed by atoms with Crippen LogP contribution in [0.3, 0.4) is 0 Å². The second-order valence-corrected chi connectivity index (χ2v) is 3.78. The highest BCUT2D eigenvalue weighted by Crippen LogP contribution is 2.06. The Hall–Kier alpha value is -1.32. The van der Waals surface area contributed by atoms with Crippen LogP contribution in [0, 0.1) is 0 Å². The van der Waals surface area contributed by atoms with Gasteiger partial charge in [-0.1, -0.05) is 6.08 Å². The average molecular weight is 199 g/mol. The number of carbonyl (C=O) groups is 2. The van der Waals surface area contributed by atoms with E-state index < -0.39 is 11.7 Å². The van der Waals surface area contributed by atoms with Gasteiger partial charge < -0.3 is 10.1 Å². The second kappa shape index (κ2) is 6.18. The summed E-state index contributed by atoms with van der Waals surface area (Å²) in [5.74, 6) is 0. The molecule has 0 saturated carbocycles. The Morgan fingerprint density at radius 3 is 2.57 bits per heavy atom. The van der Waals surface area contributed by atoms with E-state index in [-0.39, 0.29) is 0 Å². The first-order chi connectivity index (χ1) is 6.45. The van der Waals surface area contributed by atoms with E-state index in [1.54, 1.807) is 26.8 Å². The summed E-state index contributed by atoms with van der Waals surface area (Å²) in [7, 11) is 0. The minimum atomic E-state index is -0.470. The lowest BCUT2D eigenvalue weighted by Gasteiger charge is -2.19. The van der Waals surface area contributed by atoms with E-state index in [1.165, 1.54) is 6.08 Å². The van der Waals surface area contributed by atoms with Crippen molar-refractivity contribution < 1.29 is 14.3 Å². The van der Waals surface area contributed by atoms with Crippen molar-refractivity contribution >= 4 is 12.4 Å². The van der Waals surface area contributed by atoms with Crippen LogP contribution in [0.15, 0.2) is 12.2 Å². The lowest BCUT2D eigenvalue weighted by atomic mass is 10.2. The Morgan fingerprint density at radius 2 is 2.07 bits per heavy atom. The first kappa shape index (κ1) is 12.7. The monoisotopic (exact) mass is 199 g/mol. The fourth-order valence-corrected chi connectivity index (χ4v) is 0.724. The standard InChI is InChI=1S/C10H17NO3/c1-10(2,3)14-9(13)11-7-5-4-6-8-12/h4,6,8H,5,7H2,1-3H3,(H,11,13). The van der Waals surface area contributed by atoms with Gasteiger partial charge in [0.15, 0.2) is 0 Å². The van der Waals surface area contributed by atoms with Gasteiger partial charge in [0, 0.05) is 6.54 Å². The molecule has 0 rings (SSSR count). The molecule has 4 heteroatoms. The van der Waals surface area contributed by atoms with E-state index >= 15 is 0 Å². The van der Waals surface area contributed by atoms with Crippen LogP contribution in [0.2, 0.25) is 0 Å². The lowest BCUT2D eigenvalue weighted by Crippen LogP contribution is -2.32. The fraction of sp³-hybridized carbons (Fsp3) is 0.600. The van der Waals surface area contributed by atoms with Gasteiger partial charge in [0.1, 0.15) is 11.9 Å². The first-order valence-electron chi connectivity index (χ1n) is 4.53. The number of hydrogen-bond donors (Lipinski definition) is 1. The maximum atomic E-state index is 11.1. The highest BCUT2D eigenvalue weighted by Gasteiger charge is 2.14. The van der Waals surface area contributed by atoms with Crippen molar-refractivity contribution in [1.29, 1.82) is 0 Å². The van der Waals surface area contributed by atoms with E-state index in [9.17, 15) is 9.59 Å². The number of rotatable bonds is 4. The molecule has 4 nitrogen and oxygen atoms in total. The summed E-state index contributed by atoms with van der Waals surface area (Å²) >= 11 is 0. The minimum Gasteiger partial charge on any atom is -0.444 e. The van der Waals surface area contributed by atoms with Gasteiger partial charge in [0.25, 0.3) is 0 Å². The van der Waals surface area contributed by atoms with E-state index in [0.29, 0.717) is 19.3 Å². The smallest absolute Gasteiger partial charge is 0.407 e. The second-order valence-electron chi connectivity index (χ2n) is 3.78. The van der Waals surface area contributed by atoms with Crippen molar-refractivity contribution in [3.05, 3.63) is 12.2 Å². The molecular formula is C10H17NO3. The van der Waals surface area contributed by atoms with Gasteiger partial charge in [-0.2, -0.15) is 0 Å². The van der Waals surface area contributed by atoms with Crippen LogP contribution in [-0.2, 0) is 9.53 Å². The average Bonchev–Trinajstić information content (AvgIpc) is 2.00. The summed E-state index contributed by atoms with van der Waals surface area (Å²) in [5.41, 5.74) is -0.470. The van der Waals surface area contributed by atoms with Gasteiger partial charge in [0.2, 0.25) is 0 Å². The van der Waals surface area contributed by atoms with Crippen LogP contribution in [0.5, 0.6) is 0 Å². The first-order valence-corrected chi connectivity index (χ1v) is 4.53. The summed E-state index contributed by atoms with van der Waals surface area (Å²) in [6.45, 7) is 5.88. The molecule has 0 unspecified atom stereocenters. The molecule has 0 heterocycles. The quantitative estimate of drug-likeness (QED) is 0.425. The number of aldehydes is 1. The molecule has 0 saturated heterocycles. The van der Waals surface area contributed by atoms with Gasteiger partial charge in [-0.25, -0.2) is 4.79 Å². The number of alkyl carbamates (subject to hydrolysis) is 1. The summed E-state index contributed by atoms with van der Waals surface area (Å²) in [6, 6.07) is 0. The van der Waals surface area contributed by atoms with Crippen molar-refractivity contribution in [2.45, 2.75) is 32.8 Å². The third-order valence-electron chi connectivity index (χ3n) is 1.19. The van der Waals surface area contributed by atoms with Crippen molar-refractivity contribution in [2.75, 3.05) is 6.54 Å². The number of nitrogens with one attached hydrogen (secondary N) is 1. The molecule has 0 atom stereocenters. The molecular weight excluding hydrogens is 182 g/mol. The summed E-state index contributed by atoms with van der Waals surface area (Å²) in [6.07, 6.45) is 3.98. The molecule has 0 fully saturated rings. The van der Waals surface area contributed by atoms with Gasteiger partial charge in [-0.3, -0.25) is 4.79 Å². The lowest BCUT2D eigenvalue weighted by molar-refractivity contribution is -0.104. The molecule has 14 heavy (non-hydrogen) atoms. The van der Waals surface area contributed by atoms with E-state index in [0.717, 1.165) is 0 Å². The molecule has 0 aliphatic rings. The number of ether oxygens (including phenoxy) is 1. The highest BCUT2D eigenvalue weighted by molar-refractivity contribution is 5.67. The molecule has 0 spiro atoms. The summed E-state index contributed by atoms with van der Waals surface area (Å²) in [5, 5.41) is 2.57. The van der Waals surface area contributed by atoms with Crippen LogP contribution in [0.4, 0.5) is 4.79 Å². The Morgan fingerprint density at radius 1 is 1.43 bits per heavy atom. The third-order valence-corrected chi connectivity index (χ3v) is 1.19. The van der Waals surface area contributed by atoms with E-state index in [4.69, 9.17) is 4.74 Å². The van der Waals surface area contributed by atoms with Crippen LogP contribution >= 0.6 is 0 Å². The van der Waals surface area contributed by atoms with E-state index in [2.05, 4.69) is 5.32 Å². The topological polar surface area (TPSA) is 55.4 Å². The van der Waals surface area contributed by atoms with Gasteiger partial charge in [-0.05, 0) is 33.3 Å². The number of hydrogen-bond acceptors (Lipinski definition) is 3. The maximum absolute atomic E-state index is 11.1. The zero-order valence-corrected chi connectivity index (χ0v) is 8.87. The number of allylic oxidation sites excluding steroid dienone is 1. The summed E-state index contributed by atoms with van der Waals surface area (Å²) in [4.78, 5) is 21.0. The molecule has 1 amide bonds. The van der Waals surface area contributed by atoms with Gasteiger partial charge >= 0.3 is 6.09 Å². The Bertz CT molecular complexity index is 216. The predicted molar refractivity (Wildman–Crippen MR) is 54.1 cm³/mol. The van der Waals surface area contributed by atoms with E-state index in [1.807, 2.05) is 0 Å². The largest absolute Gasteiger partial charge is 0.444 e. The van der Waals surface area contributed by atoms with Crippen LogP contribution in [0.1, 0.15) is 27.2 Å². The van der Waals surface area contributed by atoms with Crippen molar-refractivity contribution in [3.8, 4) is 0 Å². The normalized spacial score (nSPS) is 11.4. The number of amides is 1. The van der Waals surface area contributed by atoms with Crippen molar-refractivity contribution in [3.63, 3.8) is 0 Å². The molecule has 0 aliphatic heterocycles. The highest BCUT2D eigenvalue weighted by atomic mass is 16.6. The predicted octanol–water partition coefficient (Wildman–Crippen LogP) is 1.66. The molecule has 1 N–H and O–H groups in total. The molecule has 0 aromatic carbocycles. The molecule has 0 bridgehead atoms. The summed E-state index contributed by atoms with van der Waals surface area (Å²) < 4.78 is 5.00. The van der Waals surface area contributed by atoms with Gasteiger partial charge in [-0.15, -0.1) is 0 Å². The SMILES string of the molecule is CC(C)(C)OC(=O)NCCC=CC=O. The van der Waals surface area contributed by atoms with Crippen LogP contribution in [-0.4, -0.2) is 24.5 Å². The molecule has 0 aromatic rings. The number of carbonyl (C=O) groups excluding carboxylic acids is 2. The van der Waals surface area contributed by atoms with Crippen molar-refractivity contribution in [2.24, 2.45) is 0 Å². The molecule has 80 valence electrons. The maximum Gasteiger partial charge on any atom is 0.407 e. The zero-order valence-electron chi connectivity index (χ0n) is 8.87. The molecule has 0 aliphatic carbocycles. The van der Waals surface area contributed by atoms with Crippen LogP contribution < -0.4 is 5.32 Å². The Kier molecular flexibility index (Phi) is 5.60. The Labute approximate surface area is 84.3 Å². The zero-order chi connectivity index (χ0) is 11.0. The van der Waals surface area contributed by atoms with Gasteiger partial charge in [0.05, 0.1) is 0 Å². The molecule has 0 aromatic heterocycles. The minimum absolute atomic E-state index is 0.433. The van der Waals surface area contributed by atoms with Crippen molar-refractivity contribution in [1.82, 2.24) is 5.32 Å². The third kappa shape index (κ3) is 8.77. The molecule has 0 radical (unpaired) electrons. The van der Waals surface area contributed by atoms with Crippen LogP contribution in [0.25, 0.3) is 0 Å². The Balaban J connectivity index is 3.55.